The number of nitrogens with zero attached hydrogens (tertiary/aromatic N) is 1. The van der Waals surface area contributed by atoms with Crippen molar-refractivity contribution in [1.82, 2.24) is 10.2 Å². The molecule has 1 rings (SSSR count). The van der Waals surface area contributed by atoms with Crippen molar-refractivity contribution in [3.05, 3.63) is 42.1 Å². The molecule has 0 aromatic heterocycles. The standard InChI is InChI=1S/C16H21F3N2O3/c1-11(2)20-14(10-23-4)15(22)21(3)9-12-5-7-13(8-6-12)24-16(17,18)19/h5-8,14,20H,1,9-10H2,2-4H3/t14-/m1/s1. The summed E-state index contributed by atoms with van der Waals surface area (Å²) in [6, 6.07) is 4.79. The molecule has 0 fully saturated rings. The lowest BCUT2D eigenvalue weighted by Crippen LogP contribution is -2.46. The molecule has 0 spiro atoms. The lowest BCUT2D eigenvalue weighted by molar-refractivity contribution is -0.274. The molecule has 1 aromatic carbocycles. The number of carbonyl (C=O) groups is 1. The van der Waals surface area contributed by atoms with Crippen LogP contribution in [0, 0.1) is 0 Å². The topological polar surface area (TPSA) is 50.8 Å². The minimum absolute atomic E-state index is 0.175. The fraction of sp³-hybridized carbons (Fsp3) is 0.438. The molecule has 134 valence electrons. The van der Waals surface area contributed by atoms with Crippen LogP contribution in [0.3, 0.4) is 0 Å². The highest BCUT2D eigenvalue weighted by atomic mass is 19.4. The van der Waals surface area contributed by atoms with Crippen LogP contribution in [-0.2, 0) is 16.1 Å². The summed E-state index contributed by atoms with van der Waals surface area (Å²) in [4.78, 5) is 13.9. The quantitative estimate of drug-likeness (QED) is 0.786. The largest absolute Gasteiger partial charge is 0.573 e. The fourth-order valence-electron chi connectivity index (χ4n) is 2.05. The highest BCUT2D eigenvalue weighted by Gasteiger charge is 2.31. The van der Waals surface area contributed by atoms with Crippen molar-refractivity contribution in [2.75, 3.05) is 20.8 Å². The van der Waals surface area contributed by atoms with E-state index in [1.165, 1.54) is 36.3 Å². The molecule has 0 saturated heterocycles. The summed E-state index contributed by atoms with van der Waals surface area (Å²) in [5, 5.41) is 2.93. The Morgan fingerprint density at radius 1 is 1.33 bits per heavy atom. The van der Waals surface area contributed by atoms with Gasteiger partial charge in [0.05, 0.1) is 6.61 Å². The number of nitrogens with one attached hydrogen (secondary N) is 1. The van der Waals surface area contributed by atoms with Gasteiger partial charge in [-0.2, -0.15) is 0 Å². The maximum Gasteiger partial charge on any atom is 0.573 e. The average molecular weight is 346 g/mol. The molecule has 0 aliphatic rings. The van der Waals surface area contributed by atoms with E-state index in [-0.39, 0.29) is 24.8 Å². The van der Waals surface area contributed by atoms with Crippen LogP contribution in [0.15, 0.2) is 36.5 Å². The van der Waals surface area contributed by atoms with Crippen molar-refractivity contribution in [3.8, 4) is 5.75 Å². The predicted octanol–water partition coefficient (Wildman–Crippen LogP) is 2.68. The second-order valence-corrected chi connectivity index (χ2v) is 5.32. The molecular weight excluding hydrogens is 325 g/mol. The molecule has 1 atom stereocenters. The van der Waals surface area contributed by atoms with Gasteiger partial charge in [-0.3, -0.25) is 4.79 Å². The van der Waals surface area contributed by atoms with Crippen molar-refractivity contribution >= 4 is 5.91 Å². The first kappa shape index (κ1) is 19.8. The molecule has 1 N–H and O–H groups in total. The van der Waals surface area contributed by atoms with E-state index in [0.29, 0.717) is 11.3 Å². The Kier molecular flexibility index (Phi) is 7.09. The van der Waals surface area contributed by atoms with Gasteiger partial charge >= 0.3 is 6.36 Å². The monoisotopic (exact) mass is 346 g/mol. The first-order chi connectivity index (χ1) is 11.1. The van der Waals surface area contributed by atoms with Crippen LogP contribution >= 0.6 is 0 Å². The second kappa shape index (κ2) is 8.58. The van der Waals surface area contributed by atoms with Gasteiger partial charge in [-0.05, 0) is 24.6 Å². The number of likely N-dealkylation sites (N-methyl/N-ethyl adjacent to an activating group) is 1. The molecule has 5 nitrogen and oxygen atoms in total. The Balaban J connectivity index is 2.70. The first-order valence-electron chi connectivity index (χ1n) is 7.13. The minimum atomic E-state index is -4.73. The summed E-state index contributed by atoms with van der Waals surface area (Å²) in [6.07, 6.45) is -4.73. The van der Waals surface area contributed by atoms with Crippen LogP contribution in [0.4, 0.5) is 13.2 Å². The molecule has 0 unspecified atom stereocenters. The SMILES string of the molecule is C=C(C)N[C@H](COC)C(=O)N(C)Cc1ccc(OC(F)(F)F)cc1. The van der Waals surface area contributed by atoms with Gasteiger partial charge in [0.25, 0.3) is 0 Å². The number of methoxy groups -OCH3 is 1. The summed E-state index contributed by atoms with van der Waals surface area (Å²) >= 11 is 0. The van der Waals surface area contributed by atoms with Gasteiger partial charge in [0.15, 0.2) is 0 Å². The van der Waals surface area contributed by atoms with Crippen LogP contribution < -0.4 is 10.1 Å². The van der Waals surface area contributed by atoms with E-state index in [0.717, 1.165) is 0 Å². The van der Waals surface area contributed by atoms with Gasteiger partial charge in [-0.15, -0.1) is 13.2 Å². The van der Waals surface area contributed by atoms with E-state index in [1.54, 1.807) is 14.0 Å². The third-order valence-corrected chi connectivity index (χ3v) is 3.00. The van der Waals surface area contributed by atoms with Crippen molar-refractivity contribution < 1.29 is 27.4 Å². The molecule has 1 aromatic rings. The van der Waals surface area contributed by atoms with E-state index >= 15 is 0 Å². The van der Waals surface area contributed by atoms with E-state index in [9.17, 15) is 18.0 Å². The maximum absolute atomic E-state index is 12.4. The molecule has 0 heterocycles. The summed E-state index contributed by atoms with van der Waals surface area (Å²) in [6.45, 7) is 5.84. The van der Waals surface area contributed by atoms with E-state index in [1.807, 2.05) is 0 Å². The van der Waals surface area contributed by atoms with Gasteiger partial charge in [-0.25, -0.2) is 0 Å². The van der Waals surface area contributed by atoms with E-state index < -0.39 is 12.4 Å². The van der Waals surface area contributed by atoms with Crippen LogP contribution in [-0.4, -0.2) is 44.0 Å². The summed E-state index contributed by atoms with van der Waals surface area (Å²) < 4.78 is 45.2. The third kappa shape index (κ3) is 6.91. The Hall–Kier alpha value is -2.22. The molecule has 0 aliphatic heterocycles. The van der Waals surface area contributed by atoms with Gasteiger partial charge < -0.3 is 19.7 Å². The molecule has 1 amide bonds. The number of benzene rings is 1. The Labute approximate surface area is 139 Å². The normalized spacial score (nSPS) is 12.4. The minimum Gasteiger partial charge on any atom is -0.406 e. The van der Waals surface area contributed by atoms with Crippen molar-refractivity contribution in [2.45, 2.75) is 25.9 Å². The Morgan fingerprint density at radius 2 is 1.92 bits per heavy atom. The van der Waals surface area contributed by atoms with Gasteiger partial charge in [-0.1, -0.05) is 18.7 Å². The molecule has 0 saturated carbocycles. The highest BCUT2D eigenvalue weighted by Crippen LogP contribution is 2.23. The number of halogens is 3. The molecule has 0 radical (unpaired) electrons. The summed E-state index contributed by atoms with van der Waals surface area (Å²) in [5.41, 5.74) is 1.30. The average Bonchev–Trinajstić information content (AvgIpc) is 2.46. The summed E-state index contributed by atoms with van der Waals surface area (Å²) in [7, 11) is 3.09. The number of rotatable bonds is 8. The van der Waals surface area contributed by atoms with Crippen LogP contribution in [0.25, 0.3) is 0 Å². The highest BCUT2D eigenvalue weighted by molar-refractivity contribution is 5.82. The molecule has 8 heteroatoms. The lowest BCUT2D eigenvalue weighted by Gasteiger charge is -2.25. The summed E-state index contributed by atoms with van der Waals surface area (Å²) in [5.74, 6) is -0.517. The van der Waals surface area contributed by atoms with Crippen molar-refractivity contribution in [1.29, 1.82) is 0 Å². The van der Waals surface area contributed by atoms with E-state index in [2.05, 4.69) is 16.6 Å². The number of amides is 1. The lowest BCUT2D eigenvalue weighted by atomic mass is 10.2. The van der Waals surface area contributed by atoms with Gasteiger partial charge in [0.2, 0.25) is 5.91 Å². The zero-order chi connectivity index (χ0) is 18.3. The van der Waals surface area contributed by atoms with Gasteiger partial charge in [0.1, 0.15) is 11.8 Å². The number of hydrogen-bond acceptors (Lipinski definition) is 4. The number of ether oxygens (including phenoxy) is 2. The Morgan fingerprint density at radius 3 is 2.38 bits per heavy atom. The number of allylic oxidation sites excluding steroid dienone is 1. The second-order valence-electron chi connectivity index (χ2n) is 5.32. The van der Waals surface area contributed by atoms with Crippen LogP contribution in [0.1, 0.15) is 12.5 Å². The molecule has 0 aliphatic carbocycles. The third-order valence-electron chi connectivity index (χ3n) is 3.00. The zero-order valence-corrected chi connectivity index (χ0v) is 13.8. The number of alkyl halides is 3. The molecule has 24 heavy (non-hydrogen) atoms. The Bertz CT molecular complexity index is 559. The van der Waals surface area contributed by atoms with Crippen LogP contribution in [0.2, 0.25) is 0 Å². The molecule has 0 bridgehead atoms. The van der Waals surface area contributed by atoms with Crippen LogP contribution in [0.5, 0.6) is 5.75 Å². The van der Waals surface area contributed by atoms with E-state index in [4.69, 9.17) is 4.74 Å². The smallest absolute Gasteiger partial charge is 0.406 e. The van der Waals surface area contributed by atoms with Crippen molar-refractivity contribution in [2.24, 2.45) is 0 Å². The van der Waals surface area contributed by atoms with Crippen molar-refractivity contribution in [3.63, 3.8) is 0 Å². The predicted molar refractivity (Wildman–Crippen MR) is 83.2 cm³/mol. The maximum atomic E-state index is 12.4. The molecular formula is C16H21F3N2O3. The van der Waals surface area contributed by atoms with Gasteiger partial charge in [0, 0.05) is 26.4 Å². The number of carbonyl (C=O) groups excluding carboxylic acids is 1. The fourth-order valence-corrected chi connectivity index (χ4v) is 2.05. The first-order valence-corrected chi connectivity index (χ1v) is 7.13. The zero-order valence-electron chi connectivity index (χ0n) is 13.8. The number of hydrogen-bond donors (Lipinski definition) is 1.